The van der Waals surface area contributed by atoms with E-state index in [2.05, 4.69) is 28.2 Å². The maximum Gasteiger partial charge on any atom is 0.261 e. The number of amides is 1. The predicted octanol–water partition coefficient (Wildman–Crippen LogP) is 4.78. The first-order valence-electron chi connectivity index (χ1n) is 10.4. The highest BCUT2D eigenvalue weighted by atomic mass is 32.2. The molecule has 0 saturated heterocycles. The maximum absolute atomic E-state index is 12.8. The van der Waals surface area contributed by atoms with Crippen molar-refractivity contribution < 1.29 is 13.2 Å². The van der Waals surface area contributed by atoms with E-state index in [4.69, 9.17) is 0 Å². The summed E-state index contributed by atoms with van der Waals surface area (Å²) < 4.78 is 27.8. The lowest BCUT2D eigenvalue weighted by Crippen LogP contribution is -2.26. The number of benzene rings is 3. The van der Waals surface area contributed by atoms with E-state index < -0.39 is 10.0 Å². The smallest absolute Gasteiger partial charge is 0.261 e. The molecule has 31 heavy (non-hydrogen) atoms. The van der Waals surface area contributed by atoms with Crippen LogP contribution in [0.1, 0.15) is 52.0 Å². The Labute approximate surface area is 183 Å². The summed E-state index contributed by atoms with van der Waals surface area (Å²) in [7, 11) is -3.73. The Morgan fingerprint density at radius 1 is 0.935 bits per heavy atom. The summed E-state index contributed by atoms with van der Waals surface area (Å²) in [6.07, 6.45) is 3.40. The number of fused-ring (bicyclic) bond motifs is 1. The fraction of sp³-hybridized carbons (Fsp3) is 0.240. The molecular formula is C25H26N2O3S. The van der Waals surface area contributed by atoms with Crippen molar-refractivity contribution in [3.05, 3.63) is 94.5 Å². The fourth-order valence-electron chi connectivity index (χ4n) is 3.88. The summed E-state index contributed by atoms with van der Waals surface area (Å²) in [5, 5.41) is 3.02. The van der Waals surface area contributed by atoms with E-state index >= 15 is 0 Å². The molecule has 0 fully saturated rings. The molecule has 1 aliphatic carbocycles. The predicted molar refractivity (Wildman–Crippen MR) is 123 cm³/mol. The number of carbonyl (C=O) groups is 1. The van der Waals surface area contributed by atoms with Gasteiger partial charge in [0.1, 0.15) is 0 Å². The molecule has 1 amide bonds. The van der Waals surface area contributed by atoms with Gasteiger partial charge in [-0.05, 0) is 80.1 Å². The highest BCUT2D eigenvalue weighted by Crippen LogP contribution is 2.26. The van der Waals surface area contributed by atoms with Crippen molar-refractivity contribution >= 4 is 21.6 Å². The Morgan fingerprint density at radius 3 is 2.45 bits per heavy atom. The Kier molecular flexibility index (Phi) is 5.83. The van der Waals surface area contributed by atoms with E-state index in [0.29, 0.717) is 11.3 Å². The lowest BCUT2D eigenvalue weighted by Gasteiger charge is -2.16. The van der Waals surface area contributed by atoms with Crippen molar-refractivity contribution in [3.8, 4) is 0 Å². The zero-order valence-electron chi connectivity index (χ0n) is 17.7. The molecule has 160 valence electrons. The van der Waals surface area contributed by atoms with Gasteiger partial charge in [0.15, 0.2) is 0 Å². The second-order valence-electron chi connectivity index (χ2n) is 8.08. The van der Waals surface area contributed by atoms with Crippen molar-refractivity contribution in [1.29, 1.82) is 0 Å². The normalized spacial score (nSPS) is 14.0. The van der Waals surface area contributed by atoms with E-state index in [1.807, 2.05) is 13.8 Å². The molecule has 0 saturated carbocycles. The van der Waals surface area contributed by atoms with Gasteiger partial charge in [0.2, 0.25) is 0 Å². The van der Waals surface area contributed by atoms with Crippen molar-refractivity contribution in [3.63, 3.8) is 0 Å². The van der Waals surface area contributed by atoms with E-state index in [9.17, 15) is 13.2 Å². The van der Waals surface area contributed by atoms with Crippen LogP contribution in [-0.4, -0.2) is 14.3 Å². The van der Waals surface area contributed by atoms with Crippen LogP contribution in [0, 0.1) is 6.92 Å². The van der Waals surface area contributed by atoms with Crippen LogP contribution >= 0.6 is 0 Å². The minimum Gasteiger partial charge on any atom is -0.346 e. The second kappa shape index (κ2) is 8.55. The molecule has 5 nitrogen and oxygen atoms in total. The highest BCUT2D eigenvalue weighted by Gasteiger charge is 2.17. The monoisotopic (exact) mass is 434 g/mol. The summed E-state index contributed by atoms with van der Waals surface area (Å²) in [5.74, 6) is -0.246. The van der Waals surface area contributed by atoms with Gasteiger partial charge >= 0.3 is 0 Å². The molecule has 0 aromatic heterocycles. The third-order valence-electron chi connectivity index (χ3n) is 5.68. The topological polar surface area (TPSA) is 75.3 Å². The van der Waals surface area contributed by atoms with Crippen molar-refractivity contribution in [2.45, 2.75) is 44.0 Å². The molecule has 0 radical (unpaired) electrons. The molecule has 0 bridgehead atoms. The maximum atomic E-state index is 12.8. The minimum atomic E-state index is -3.73. The van der Waals surface area contributed by atoms with E-state index in [1.165, 1.54) is 17.5 Å². The zero-order valence-corrected chi connectivity index (χ0v) is 18.5. The number of carbonyl (C=O) groups excluding carboxylic acids is 1. The van der Waals surface area contributed by atoms with Crippen LogP contribution < -0.4 is 10.0 Å². The van der Waals surface area contributed by atoms with Crippen LogP contribution in [0.5, 0.6) is 0 Å². The highest BCUT2D eigenvalue weighted by molar-refractivity contribution is 7.92. The Balaban J connectivity index is 1.47. The molecule has 6 heteroatoms. The quantitative estimate of drug-likeness (QED) is 0.586. The van der Waals surface area contributed by atoms with Gasteiger partial charge in [-0.3, -0.25) is 9.52 Å². The Morgan fingerprint density at radius 2 is 1.68 bits per heavy atom. The lowest BCUT2D eigenvalue weighted by molar-refractivity contribution is 0.0940. The Bertz CT molecular complexity index is 1220. The molecule has 4 rings (SSSR count). The minimum absolute atomic E-state index is 0.147. The molecular weight excluding hydrogens is 408 g/mol. The summed E-state index contributed by atoms with van der Waals surface area (Å²) in [4.78, 5) is 13.0. The summed E-state index contributed by atoms with van der Waals surface area (Å²) in [5.41, 5.74) is 5.57. The number of nitrogens with one attached hydrogen (secondary N) is 2. The van der Waals surface area contributed by atoms with Crippen molar-refractivity contribution in [2.75, 3.05) is 4.72 Å². The summed E-state index contributed by atoms with van der Waals surface area (Å²) in [6.45, 7) is 3.86. The zero-order chi connectivity index (χ0) is 22.0. The molecule has 3 aromatic carbocycles. The van der Waals surface area contributed by atoms with Gasteiger partial charge in [-0.15, -0.1) is 0 Å². The van der Waals surface area contributed by atoms with Gasteiger partial charge in [0.25, 0.3) is 15.9 Å². The van der Waals surface area contributed by atoms with E-state index in [0.717, 1.165) is 24.0 Å². The first kappa shape index (κ1) is 21.1. The molecule has 0 spiro atoms. The standard InChI is InChI=1S/C25H26N2O3S/c1-17-9-13-24(14-10-17)31(29,30)27-23-8-4-7-22(16-23)25(28)26-18(2)20-12-11-19-5-3-6-21(19)15-20/h4,7-16,18,27H,3,5-6H2,1-2H3,(H,26,28)/t18-/m1/s1. The fourth-order valence-corrected chi connectivity index (χ4v) is 4.93. The van der Waals surface area contributed by atoms with Gasteiger partial charge in [0, 0.05) is 11.3 Å². The average molecular weight is 435 g/mol. The Hall–Kier alpha value is -3.12. The number of hydrogen-bond acceptors (Lipinski definition) is 3. The first-order chi connectivity index (χ1) is 14.8. The van der Waals surface area contributed by atoms with Gasteiger partial charge in [-0.1, -0.05) is 42.0 Å². The van der Waals surface area contributed by atoms with Crippen molar-refractivity contribution in [2.24, 2.45) is 0 Å². The molecule has 3 aromatic rings. The third kappa shape index (κ3) is 4.80. The average Bonchev–Trinajstić information content (AvgIpc) is 3.22. The van der Waals surface area contributed by atoms with Crippen molar-refractivity contribution in [1.82, 2.24) is 5.32 Å². The van der Waals surface area contributed by atoms with Crippen LogP contribution in [0.15, 0.2) is 71.6 Å². The number of hydrogen-bond donors (Lipinski definition) is 2. The van der Waals surface area contributed by atoms with Crippen LogP contribution in [0.2, 0.25) is 0 Å². The third-order valence-corrected chi connectivity index (χ3v) is 7.08. The van der Waals surface area contributed by atoms with Gasteiger partial charge in [0.05, 0.1) is 10.9 Å². The van der Waals surface area contributed by atoms with E-state index in [-0.39, 0.29) is 16.8 Å². The van der Waals surface area contributed by atoms with Gasteiger partial charge in [-0.25, -0.2) is 8.42 Å². The SMILES string of the molecule is Cc1ccc(S(=O)(=O)Nc2cccc(C(=O)N[C@H](C)c3ccc4c(c3)CCC4)c2)cc1. The van der Waals surface area contributed by atoms with E-state index in [1.54, 1.807) is 48.5 Å². The summed E-state index contributed by atoms with van der Waals surface area (Å²) >= 11 is 0. The lowest BCUT2D eigenvalue weighted by atomic mass is 10.0. The molecule has 0 aliphatic heterocycles. The molecule has 1 aliphatic rings. The first-order valence-corrected chi connectivity index (χ1v) is 11.9. The molecule has 0 heterocycles. The largest absolute Gasteiger partial charge is 0.346 e. The van der Waals surface area contributed by atoms with Crippen LogP contribution in [0.4, 0.5) is 5.69 Å². The van der Waals surface area contributed by atoms with Crippen LogP contribution in [0.3, 0.4) is 0 Å². The number of rotatable bonds is 6. The van der Waals surface area contributed by atoms with Crippen LogP contribution in [-0.2, 0) is 22.9 Å². The van der Waals surface area contributed by atoms with Gasteiger partial charge < -0.3 is 5.32 Å². The molecule has 0 unspecified atom stereocenters. The molecule has 1 atom stereocenters. The second-order valence-corrected chi connectivity index (χ2v) is 9.76. The number of aryl methyl sites for hydroxylation is 3. The number of sulfonamides is 1. The summed E-state index contributed by atoms with van der Waals surface area (Å²) in [6, 6.07) is 19.4. The van der Waals surface area contributed by atoms with Crippen LogP contribution in [0.25, 0.3) is 0 Å². The number of anilines is 1. The molecule has 2 N–H and O–H groups in total. The van der Waals surface area contributed by atoms with Gasteiger partial charge in [-0.2, -0.15) is 0 Å².